The van der Waals surface area contributed by atoms with Crippen molar-refractivity contribution in [1.82, 2.24) is 20.9 Å². The highest BCUT2D eigenvalue weighted by Crippen LogP contribution is 2.51. The van der Waals surface area contributed by atoms with Crippen molar-refractivity contribution in [2.45, 2.75) is 166 Å². The number of rotatable bonds is 10. The first-order chi connectivity index (χ1) is 22.9. The number of amides is 5. The molecular formula is C36H69F2N5O7. The Balaban J connectivity index is -0.00000178. The molecule has 14 heteroatoms. The lowest BCUT2D eigenvalue weighted by atomic mass is 9.85. The number of ketones is 1. The van der Waals surface area contributed by atoms with Gasteiger partial charge in [-0.05, 0) is 51.4 Å². The Labute approximate surface area is 300 Å². The number of nitrogens with one attached hydrogen (secondary N) is 3. The van der Waals surface area contributed by atoms with E-state index >= 15 is 0 Å². The van der Waals surface area contributed by atoms with E-state index in [-0.39, 0.29) is 13.0 Å². The maximum atomic E-state index is 13.5. The summed E-state index contributed by atoms with van der Waals surface area (Å²) in [5, 5.41) is 7.24. The molecule has 5 N–H and O–H groups in total. The standard InChI is InChI=1S/C25H39F2N5O7.C4H10.C3H8.2C2H6/c1-23(2,3)18(31-22(38)29-12-16(33)39-24(4,5)6)21(37)32-9-7-8-15(32)20(36)30-14(17(34)19(28)35)10-13-11-25(13,26)27;1-4(2)3;1-3-2;2*1-2/h13-15,18H,7-12H2,1-6H3,(H2,28,35)(H,30,36)(H2,29,31,38);4H,1-3H3;3H2,1-2H3;2*1-2H3. The van der Waals surface area contributed by atoms with E-state index in [1.807, 2.05) is 27.7 Å². The number of Topliss-reactive ketones (excluding diaryl/α,β-unsaturated/α-hetero) is 1. The van der Waals surface area contributed by atoms with Gasteiger partial charge in [-0.3, -0.25) is 24.0 Å². The molecule has 0 aromatic heterocycles. The van der Waals surface area contributed by atoms with Gasteiger partial charge in [0.15, 0.2) is 0 Å². The molecule has 1 aliphatic heterocycles. The summed E-state index contributed by atoms with van der Waals surface area (Å²) >= 11 is 0. The van der Waals surface area contributed by atoms with E-state index in [2.05, 4.69) is 50.6 Å². The van der Waals surface area contributed by atoms with Gasteiger partial charge in [0, 0.05) is 18.9 Å². The third-order valence-corrected chi connectivity index (χ3v) is 6.39. The van der Waals surface area contributed by atoms with Gasteiger partial charge in [0.25, 0.3) is 11.8 Å². The fourth-order valence-corrected chi connectivity index (χ4v) is 4.31. The number of hydrogen-bond acceptors (Lipinski definition) is 7. The van der Waals surface area contributed by atoms with Crippen molar-refractivity contribution >= 4 is 35.5 Å². The van der Waals surface area contributed by atoms with Crippen LogP contribution in [-0.2, 0) is 28.7 Å². The summed E-state index contributed by atoms with van der Waals surface area (Å²) < 4.78 is 32.0. The Kier molecular flexibility index (Phi) is 24.5. The van der Waals surface area contributed by atoms with Crippen molar-refractivity contribution in [3.05, 3.63) is 0 Å². The number of nitrogens with two attached hydrogens (primary N) is 1. The molecule has 0 spiro atoms. The van der Waals surface area contributed by atoms with E-state index in [9.17, 15) is 37.5 Å². The molecule has 5 amide bonds. The average Bonchev–Trinajstić information content (AvgIpc) is 3.34. The number of nitrogens with zero attached hydrogens (tertiary/aromatic N) is 1. The highest BCUT2D eigenvalue weighted by molar-refractivity contribution is 6.37. The lowest BCUT2D eigenvalue weighted by molar-refractivity contribution is -0.153. The van der Waals surface area contributed by atoms with Gasteiger partial charge >= 0.3 is 12.0 Å². The number of halogens is 2. The summed E-state index contributed by atoms with van der Waals surface area (Å²) in [6.07, 6.45) is 0.983. The van der Waals surface area contributed by atoms with Gasteiger partial charge in [0.1, 0.15) is 24.2 Å². The minimum atomic E-state index is -2.98. The third kappa shape index (κ3) is 21.0. The second-order valence-corrected chi connectivity index (χ2v) is 14.5. The quantitative estimate of drug-likeness (QED) is 0.164. The van der Waals surface area contributed by atoms with Crippen LogP contribution in [0.15, 0.2) is 0 Å². The van der Waals surface area contributed by atoms with Gasteiger partial charge in [0.05, 0.1) is 6.04 Å². The molecule has 2 fully saturated rings. The van der Waals surface area contributed by atoms with Crippen molar-refractivity contribution in [2.75, 3.05) is 13.1 Å². The number of ether oxygens (including phenoxy) is 1. The summed E-state index contributed by atoms with van der Waals surface area (Å²) in [4.78, 5) is 76.0. The van der Waals surface area contributed by atoms with E-state index < -0.39 is 95.9 Å². The number of primary amides is 1. The molecule has 2 rings (SSSR count). The molecular weight excluding hydrogens is 652 g/mol. The predicted molar refractivity (Wildman–Crippen MR) is 193 cm³/mol. The van der Waals surface area contributed by atoms with Crippen LogP contribution in [0.4, 0.5) is 13.6 Å². The molecule has 1 saturated carbocycles. The van der Waals surface area contributed by atoms with Gasteiger partial charge < -0.3 is 31.3 Å². The first-order valence-electron chi connectivity index (χ1n) is 18.0. The Morgan fingerprint density at radius 3 is 1.76 bits per heavy atom. The summed E-state index contributed by atoms with van der Waals surface area (Å²) in [6.45, 7) is 28.6. The van der Waals surface area contributed by atoms with Crippen LogP contribution >= 0.6 is 0 Å². The largest absolute Gasteiger partial charge is 0.459 e. The number of carbonyl (C=O) groups is 6. The molecule has 0 radical (unpaired) electrons. The Bertz CT molecular complexity index is 1070. The summed E-state index contributed by atoms with van der Waals surface area (Å²) in [6, 6.07) is -4.51. The zero-order chi connectivity index (χ0) is 40.2. The van der Waals surface area contributed by atoms with E-state index in [1.54, 1.807) is 41.5 Å². The topological polar surface area (TPSA) is 177 Å². The summed E-state index contributed by atoms with van der Waals surface area (Å²) in [5.41, 5.74) is 3.49. The number of hydrogen-bond donors (Lipinski definition) is 4. The Morgan fingerprint density at radius 2 is 1.38 bits per heavy atom. The lowest BCUT2D eigenvalue weighted by Crippen LogP contribution is -2.60. The molecule has 50 heavy (non-hydrogen) atoms. The van der Waals surface area contributed by atoms with Crippen LogP contribution in [-0.4, -0.2) is 83.1 Å². The van der Waals surface area contributed by atoms with E-state index in [0.717, 1.165) is 5.92 Å². The summed E-state index contributed by atoms with van der Waals surface area (Å²) in [7, 11) is 0. The van der Waals surface area contributed by atoms with Crippen molar-refractivity contribution in [1.29, 1.82) is 0 Å². The van der Waals surface area contributed by atoms with Gasteiger partial charge in [0.2, 0.25) is 17.6 Å². The Morgan fingerprint density at radius 1 is 0.920 bits per heavy atom. The van der Waals surface area contributed by atoms with Crippen LogP contribution in [0, 0.1) is 17.3 Å². The van der Waals surface area contributed by atoms with Crippen molar-refractivity contribution < 1.29 is 42.3 Å². The first kappa shape index (κ1) is 51.1. The number of esters is 1. The molecule has 4 unspecified atom stereocenters. The fraction of sp³-hybridized carbons (Fsp3) is 0.833. The van der Waals surface area contributed by atoms with Crippen LogP contribution in [0.3, 0.4) is 0 Å². The highest BCUT2D eigenvalue weighted by atomic mass is 19.3. The second-order valence-electron chi connectivity index (χ2n) is 14.5. The zero-order valence-corrected chi connectivity index (χ0v) is 33.5. The molecule has 1 aliphatic carbocycles. The smallest absolute Gasteiger partial charge is 0.325 e. The molecule has 0 aromatic rings. The SMILES string of the molecule is CC.CC.CC(C)(C)OC(=O)CNC(=O)NC(C(=O)N1CCCC1C(=O)NC(CC1CC1(F)F)C(=O)C(N)=O)C(C)(C)C.CC(C)C.CCC. The fourth-order valence-electron chi connectivity index (χ4n) is 4.31. The molecule has 294 valence electrons. The van der Waals surface area contributed by atoms with Gasteiger partial charge in [-0.1, -0.05) is 89.5 Å². The first-order valence-corrected chi connectivity index (χ1v) is 18.0. The maximum absolute atomic E-state index is 13.5. The van der Waals surface area contributed by atoms with Crippen molar-refractivity contribution in [3.63, 3.8) is 0 Å². The number of urea groups is 1. The van der Waals surface area contributed by atoms with Crippen LogP contribution in [0.5, 0.6) is 0 Å². The lowest BCUT2D eigenvalue weighted by Gasteiger charge is -2.35. The molecule has 12 nitrogen and oxygen atoms in total. The van der Waals surface area contributed by atoms with E-state index in [1.165, 1.54) is 11.3 Å². The molecule has 2 aliphatic rings. The van der Waals surface area contributed by atoms with Gasteiger partial charge in [-0.15, -0.1) is 0 Å². The predicted octanol–water partition coefficient (Wildman–Crippen LogP) is 5.75. The summed E-state index contributed by atoms with van der Waals surface area (Å²) in [5.74, 6) is -7.91. The third-order valence-electron chi connectivity index (χ3n) is 6.39. The molecule has 1 saturated heterocycles. The minimum absolute atomic E-state index is 0.167. The van der Waals surface area contributed by atoms with E-state index in [4.69, 9.17) is 10.5 Å². The zero-order valence-electron chi connectivity index (χ0n) is 33.5. The van der Waals surface area contributed by atoms with Crippen LogP contribution < -0.4 is 21.7 Å². The van der Waals surface area contributed by atoms with Gasteiger partial charge in [-0.25, -0.2) is 13.6 Å². The van der Waals surface area contributed by atoms with E-state index in [0.29, 0.717) is 6.42 Å². The maximum Gasteiger partial charge on any atom is 0.325 e. The van der Waals surface area contributed by atoms with Crippen LogP contribution in [0.25, 0.3) is 0 Å². The Hall–Kier alpha value is -3.32. The molecule has 4 atom stereocenters. The number of likely N-dealkylation sites (tertiary alicyclic amines) is 1. The normalized spacial score (nSPS) is 18.3. The van der Waals surface area contributed by atoms with Crippen LogP contribution in [0.2, 0.25) is 0 Å². The minimum Gasteiger partial charge on any atom is -0.459 e. The molecule has 1 heterocycles. The van der Waals surface area contributed by atoms with Crippen molar-refractivity contribution in [2.24, 2.45) is 23.0 Å². The molecule has 0 bridgehead atoms. The van der Waals surface area contributed by atoms with Crippen LogP contribution in [0.1, 0.15) is 136 Å². The number of carbonyl (C=O) groups excluding carboxylic acids is 6. The highest BCUT2D eigenvalue weighted by Gasteiger charge is 2.58. The second kappa shape index (κ2) is 24.0. The monoisotopic (exact) mass is 722 g/mol. The number of alkyl halides is 2. The van der Waals surface area contributed by atoms with Gasteiger partial charge in [-0.2, -0.15) is 0 Å². The molecule has 0 aromatic carbocycles. The average molecular weight is 722 g/mol. The van der Waals surface area contributed by atoms with Crippen molar-refractivity contribution in [3.8, 4) is 0 Å².